The Morgan fingerprint density at radius 3 is 2.75 bits per heavy atom. The van der Waals surface area contributed by atoms with Gasteiger partial charge in [-0.25, -0.2) is 5.32 Å². The Balaban J connectivity index is 2.30. The fourth-order valence-electron chi connectivity index (χ4n) is 1.66. The standard InChI is InChI=1S/C9H19N2S/c1-4-12-7-8-5-10-6-9(8)11(2)3/h8-9H,4-7H2,1-3H3. The van der Waals surface area contributed by atoms with Gasteiger partial charge in [0.1, 0.15) is 0 Å². The van der Waals surface area contributed by atoms with Gasteiger partial charge < -0.3 is 4.90 Å². The summed E-state index contributed by atoms with van der Waals surface area (Å²) < 4.78 is 0. The van der Waals surface area contributed by atoms with Gasteiger partial charge >= 0.3 is 0 Å². The topological polar surface area (TPSA) is 17.3 Å². The third kappa shape index (κ3) is 2.64. The fraction of sp³-hybridized carbons (Fsp3) is 1.00. The summed E-state index contributed by atoms with van der Waals surface area (Å²) in [6, 6.07) is 0.698. The summed E-state index contributed by atoms with van der Waals surface area (Å²) in [7, 11) is 4.32. The number of hydrogen-bond donors (Lipinski definition) is 0. The third-order valence-corrected chi connectivity index (χ3v) is 3.50. The predicted octanol–water partition coefficient (Wildman–Crippen LogP) is 0.904. The quantitative estimate of drug-likeness (QED) is 0.651. The minimum absolute atomic E-state index is 0.698. The molecule has 2 nitrogen and oxygen atoms in total. The maximum absolute atomic E-state index is 4.47. The first-order chi connectivity index (χ1) is 5.75. The van der Waals surface area contributed by atoms with E-state index < -0.39 is 0 Å². The maximum Gasteiger partial charge on any atom is 0.0293 e. The third-order valence-electron chi connectivity index (χ3n) is 2.42. The first-order valence-electron chi connectivity index (χ1n) is 4.63. The van der Waals surface area contributed by atoms with E-state index >= 15 is 0 Å². The lowest BCUT2D eigenvalue weighted by molar-refractivity contribution is 0.268. The van der Waals surface area contributed by atoms with Crippen LogP contribution in [0.15, 0.2) is 0 Å². The molecule has 12 heavy (non-hydrogen) atoms. The Morgan fingerprint density at radius 1 is 1.42 bits per heavy atom. The first kappa shape index (κ1) is 10.4. The Hall–Kier alpha value is 0.270. The summed E-state index contributed by atoms with van der Waals surface area (Å²) in [4.78, 5) is 2.32. The van der Waals surface area contributed by atoms with Crippen molar-refractivity contribution < 1.29 is 0 Å². The van der Waals surface area contributed by atoms with Crippen molar-refractivity contribution in [2.45, 2.75) is 13.0 Å². The minimum Gasteiger partial charge on any atom is -0.305 e. The second-order valence-electron chi connectivity index (χ2n) is 3.54. The second kappa shape index (κ2) is 5.10. The lowest BCUT2D eigenvalue weighted by atomic mass is 10.1. The van der Waals surface area contributed by atoms with E-state index in [1.807, 2.05) is 11.8 Å². The molecule has 0 N–H and O–H groups in total. The van der Waals surface area contributed by atoms with E-state index in [1.54, 1.807) is 0 Å². The molecule has 2 unspecified atom stereocenters. The molecule has 1 aliphatic rings. The highest BCUT2D eigenvalue weighted by molar-refractivity contribution is 7.99. The summed E-state index contributed by atoms with van der Waals surface area (Å²) in [5, 5.41) is 4.47. The fourth-order valence-corrected chi connectivity index (χ4v) is 2.53. The molecule has 71 valence electrons. The van der Waals surface area contributed by atoms with Gasteiger partial charge in [0.05, 0.1) is 0 Å². The Bertz CT molecular complexity index is 128. The highest BCUT2D eigenvalue weighted by Gasteiger charge is 2.28. The molecule has 1 rings (SSSR count). The van der Waals surface area contributed by atoms with Crippen LogP contribution in [0.3, 0.4) is 0 Å². The molecule has 1 radical (unpaired) electrons. The van der Waals surface area contributed by atoms with Gasteiger partial charge in [0, 0.05) is 19.1 Å². The minimum atomic E-state index is 0.698. The summed E-state index contributed by atoms with van der Waals surface area (Å²) in [6.45, 7) is 4.35. The molecule has 2 atom stereocenters. The Morgan fingerprint density at radius 2 is 2.17 bits per heavy atom. The Labute approximate surface area is 80.1 Å². The normalized spacial score (nSPS) is 30.0. The van der Waals surface area contributed by atoms with Crippen LogP contribution in [0.1, 0.15) is 6.92 Å². The molecule has 1 aliphatic heterocycles. The molecule has 0 saturated carbocycles. The predicted molar refractivity (Wildman–Crippen MR) is 55.8 cm³/mol. The summed E-state index contributed by atoms with van der Waals surface area (Å²) >= 11 is 2.04. The van der Waals surface area contributed by atoms with E-state index in [-0.39, 0.29) is 0 Å². The van der Waals surface area contributed by atoms with Gasteiger partial charge in [0.15, 0.2) is 0 Å². The lowest BCUT2D eigenvalue weighted by Crippen LogP contribution is -2.35. The van der Waals surface area contributed by atoms with Crippen molar-refractivity contribution in [1.82, 2.24) is 10.2 Å². The average Bonchev–Trinajstić information content (AvgIpc) is 2.48. The van der Waals surface area contributed by atoms with Crippen LogP contribution in [-0.2, 0) is 0 Å². The van der Waals surface area contributed by atoms with Crippen LogP contribution < -0.4 is 5.32 Å². The number of hydrogen-bond acceptors (Lipinski definition) is 2. The zero-order valence-corrected chi connectivity index (χ0v) is 9.10. The van der Waals surface area contributed by atoms with Gasteiger partial charge in [-0.15, -0.1) is 0 Å². The molecule has 1 heterocycles. The average molecular weight is 187 g/mol. The molecule has 0 spiro atoms. The van der Waals surface area contributed by atoms with Crippen LogP contribution in [0.25, 0.3) is 0 Å². The highest BCUT2D eigenvalue weighted by Crippen LogP contribution is 2.19. The van der Waals surface area contributed by atoms with E-state index in [4.69, 9.17) is 0 Å². The van der Waals surface area contributed by atoms with Gasteiger partial charge in [0.2, 0.25) is 0 Å². The molecular formula is C9H19N2S. The van der Waals surface area contributed by atoms with Crippen LogP contribution in [-0.4, -0.2) is 49.6 Å². The van der Waals surface area contributed by atoms with Crippen LogP contribution in [0.5, 0.6) is 0 Å². The molecule has 3 heteroatoms. The molecule has 0 amide bonds. The molecule has 1 fully saturated rings. The van der Waals surface area contributed by atoms with E-state index in [1.165, 1.54) is 11.5 Å². The van der Waals surface area contributed by atoms with Crippen LogP contribution in [0, 0.1) is 5.92 Å². The van der Waals surface area contributed by atoms with E-state index in [2.05, 4.69) is 31.2 Å². The van der Waals surface area contributed by atoms with Crippen molar-refractivity contribution in [3.63, 3.8) is 0 Å². The van der Waals surface area contributed by atoms with Crippen molar-refractivity contribution in [2.24, 2.45) is 5.92 Å². The molecule has 0 aromatic heterocycles. The Kier molecular flexibility index (Phi) is 4.40. The molecule has 1 saturated heterocycles. The molecule has 0 aromatic carbocycles. The molecular weight excluding hydrogens is 168 g/mol. The van der Waals surface area contributed by atoms with Crippen molar-refractivity contribution in [1.29, 1.82) is 0 Å². The number of rotatable bonds is 4. The van der Waals surface area contributed by atoms with E-state index in [0.717, 1.165) is 19.0 Å². The smallest absolute Gasteiger partial charge is 0.0293 e. The summed E-state index contributed by atoms with van der Waals surface area (Å²) in [6.07, 6.45) is 0. The van der Waals surface area contributed by atoms with Crippen molar-refractivity contribution in [3.05, 3.63) is 0 Å². The van der Waals surface area contributed by atoms with Gasteiger partial charge in [-0.1, -0.05) is 6.92 Å². The molecule has 0 aromatic rings. The summed E-state index contributed by atoms with van der Waals surface area (Å²) in [5.74, 6) is 3.31. The van der Waals surface area contributed by atoms with Gasteiger partial charge in [-0.05, 0) is 31.5 Å². The first-order valence-corrected chi connectivity index (χ1v) is 5.78. The monoisotopic (exact) mass is 187 g/mol. The van der Waals surface area contributed by atoms with Crippen LogP contribution in [0.4, 0.5) is 0 Å². The molecule has 0 aliphatic carbocycles. The maximum atomic E-state index is 4.47. The van der Waals surface area contributed by atoms with Crippen LogP contribution in [0.2, 0.25) is 0 Å². The van der Waals surface area contributed by atoms with Crippen molar-refractivity contribution in [3.8, 4) is 0 Å². The summed E-state index contributed by atoms with van der Waals surface area (Å²) in [5.41, 5.74) is 0. The van der Waals surface area contributed by atoms with E-state index in [9.17, 15) is 0 Å². The second-order valence-corrected chi connectivity index (χ2v) is 4.86. The molecule has 0 bridgehead atoms. The zero-order valence-electron chi connectivity index (χ0n) is 8.29. The van der Waals surface area contributed by atoms with Crippen molar-refractivity contribution >= 4 is 11.8 Å². The SMILES string of the molecule is CCSCC1C[N]CC1N(C)C. The van der Waals surface area contributed by atoms with Crippen molar-refractivity contribution in [2.75, 3.05) is 38.7 Å². The lowest BCUT2D eigenvalue weighted by Gasteiger charge is -2.24. The zero-order chi connectivity index (χ0) is 8.97. The number of nitrogens with zero attached hydrogens (tertiary/aromatic N) is 2. The number of likely N-dealkylation sites (N-methyl/N-ethyl adjacent to an activating group) is 1. The number of thioether (sulfide) groups is 1. The highest BCUT2D eigenvalue weighted by atomic mass is 32.2. The van der Waals surface area contributed by atoms with Gasteiger partial charge in [0.25, 0.3) is 0 Å². The van der Waals surface area contributed by atoms with Crippen LogP contribution >= 0.6 is 11.8 Å². The largest absolute Gasteiger partial charge is 0.305 e. The van der Waals surface area contributed by atoms with Gasteiger partial charge in [-0.3, -0.25) is 0 Å². The van der Waals surface area contributed by atoms with Gasteiger partial charge in [-0.2, -0.15) is 11.8 Å². The van der Waals surface area contributed by atoms with E-state index in [0.29, 0.717) is 6.04 Å².